The first-order valence-electron chi connectivity index (χ1n) is 5.18. The van der Waals surface area contributed by atoms with Gasteiger partial charge in [0.2, 0.25) is 6.79 Å². The molecule has 0 fully saturated rings. The van der Waals surface area contributed by atoms with Crippen LogP contribution in [-0.4, -0.2) is 18.6 Å². The van der Waals surface area contributed by atoms with E-state index < -0.39 is 5.23 Å². The highest BCUT2D eigenvalue weighted by Gasteiger charge is 2.22. The summed E-state index contributed by atoms with van der Waals surface area (Å²) in [6.45, 7) is 0.971. The summed E-state index contributed by atoms with van der Waals surface area (Å²) in [6, 6.07) is 3.65. The smallest absolute Gasteiger partial charge is 0.231 e. The monoisotopic (exact) mass is 237 g/mol. The van der Waals surface area contributed by atoms with E-state index in [1.807, 2.05) is 12.1 Å². The van der Waals surface area contributed by atoms with Crippen LogP contribution in [0.25, 0.3) is 5.57 Å². The first-order valence-corrected chi connectivity index (χ1v) is 5.18. The highest BCUT2D eigenvalue weighted by atomic mass is 16.8. The maximum atomic E-state index is 10.7. The summed E-state index contributed by atoms with van der Waals surface area (Å²) in [4.78, 5) is 0. The molecule has 0 aliphatic carbocycles. The van der Waals surface area contributed by atoms with Crippen LogP contribution >= 0.6 is 0 Å². The van der Waals surface area contributed by atoms with Crippen molar-refractivity contribution in [2.24, 2.45) is 0 Å². The van der Waals surface area contributed by atoms with Crippen molar-refractivity contribution in [1.29, 1.82) is 0 Å². The first kappa shape index (κ1) is 10.5. The summed E-state index contributed by atoms with van der Waals surface area (Å²) in [5, 5.41) is 18.5. The molecule has 0 aromatic heterocycles. The molecule has 1 aromatic rings. The lowest BCUT2D eigenvalue weighted by Gasteiger charge is -2.20. The van der Waals surface area contributed by atoms with E-state index in [4.69, 9.17) is 19.4 Å². The van der Waals surface area contributed by atoms with Crippen molar-refractivity contribution >= 4 is 5.57 Å². The largest absolute Gasteiger partial charge is 0.595 e. The van der Waals surface area contributed by atoms with Gasteiger partial charge in [0, 0.05) is 5.57 Å². The average molecular weight is 237 g/mol. The second-order valence-electron chi connectivity index (χ2n) is 3.86. The minimum Gasteiger partial charge on any atom is -0.595 e. The molecule has 0 saturated carbocycles. The quantitative estimate of drug-likeness (QED) is 0.675. The maximum absolute atomic E-state index is 10.7. The van der Waals surface area contributed by atoms with E-state index in [-0.39, 0.29) is 6.79 Å². The Balaban J connectivity index is 2.08. The molecule has 0 amide bonds. The van der Waals surface area contributed by atoms with Crippen molar-refractivity contribution in [2.45, 2.75) is 6.61 Å². The summed E-state index contributed by atoms with van der Waals surface area (Å²) in [5.41, 5.74) is 2.44. The SMILES string of the molecule is [O-][NH+](O)/C=C1\COCc2cc3c(cc21)OCO3. The number of hydrogen-bond acceptors (Lipinski definition) is 5. The van der Waals surface area contributed by atoms with E-state index in [1.165, 1.54) is 6.20 Å². The van der Waals surface area contributed by atoms with Gasteiger partial charge < -0.3 is 19.4 Å². The fourth-order valence-electron chi connectivity index (χ4n) is 2.02. The van der Waals surface area contributed by atoms with E-state index in [0.29, 0.717) is 30.3 Å². The molecule has 1 atom stereocenters. The zero-order chi connectivity index (χ0) is 11.8. The standard InChI is InChI=1S/C11H11NO5/c13-12(14)3-8-5-15-4-7-1-10-11(2-9(7)8)17-6-16-10/h1-3,12-13H,4-6H2/b8-3+. The van der Waals surface area contributed by atoms with Gasteiger partial charge in [0.05, 0.1) is 13.2 Å². The fourth-order valence-corrected chi connectivity index (χ4v) is 2.02. The topological polar surface area (TPSA) is 75.4 Å². The molecule has 17 heavy (non-hydrogen) atoms. The second kappa shape index (κ2) is 4.01. The number of fused-ring (bicyclic) bond motifs is 2. The van der Waals surface area contributed by atoms with E-state index in [0.717, 1.165) is 11.1 Å². The average Bonchev–Trinajstić information content (AvgIpc) is 2.73. The van der Waals surface area contributed by atoms with Gasteiger partial charge in [0.1, 0.15) is 6.20 Å². The Kier molecular flexibility index (Phi) is 2.49. The van der Waals surface area contributed by atoms with Crippen LogP contribution in [0.15, 0.2) is 18.3 Å². The van der Waals surface area contributed by atoms with Crippen LogP contribution in [-0.2, 0) is 11.3 Å². The first-order chi connectivity index (χ1) is 8.24. The van der Waals surface area contributed by atoms with Crippen LogP contribution < -0.4 is 14.7 Å². The molecule has 0 spiro atoms. The fraction of sp³-hybridized carbons (Fsp3) is 0.273. The van der Waals surface area contributed by atoms with Crippen molar-refractivity contribution in [1.82, 2.24) is 0 Å². The van der Waals surface area contributed by atoms with Gasteiger partial charge in [0.25, 0.3) is 0 Å². The molecule has 3 rings (SSSR count). The van der Waals surface area contributed by atoms with Crippen molar-refractivity contribution in [3.63, 3.8) is 0 Å². The van der Waals surface area contributed by atoms with Gasteiger partial charge in [0.15, 0.2) is 11.5 Å². The predicted molar refractivity (Wildman–Crippen MR) is 56.3 cm³/mol. The predicted octanol–water partition coefficient (Wildman–Crippen LogP) is 0.0583. The Morgan fingerprint density at radius 3 is 2.76 bits per heavy atom. The second-order valence-corrected chi connectivity index (χ2v) is 3.86. The molecule has 6 heteroatoms. The highest BCUT2D eigenvalue weighted by molar-refractivity contribution is 5.72. The van der Waals surface area contributed by atoms with E-state index in [9.17, 15) is 5.21 Å². The van der Waals surface area contributed by atoms with Crippen molar-refractivity contribution in [3.8, 4) is 11.5 Å². The van der Waals surface area contributed by atoms with Crippen LogP contribution in [0.1, 0.15) is 11.1 Å². The van der Waals surface area contributed by atoms with Gasteiger partial charge in [-0.2, -0.15) is 0 Å². The minimum absolute atomic E-state index is 0.205. The molecule has 0 radical (unpaired) electrons. The molecule has 0 saturated heterocycles. The van der Waals surface area contributed by atoms with Gasteiger partial charge in [-0.3, -0.25) is 0 Å². The van der Waals surface area contributed by atoms with Crippen LogP contribution in [0.2, 0.25) is 0 Å². The lowest BCUT2D eigenvalue weighted by molar-refractivity contribution is -1.00. The number of hydrogen-bond donors (Lipinski definition) is 2. The summed E-state index contributed by atoms with van der Waals surface area (Å²) in [7, 11) is 0. The number of benzene rings is 1. The van der Waals surface area contributed by atoms with Crippen LogP contribution in [0, 0.1) is 5.21 Å². The normalized spacial score (nSPS) is 21.4. The third kappa shape index (κ3) is 1.87. The molecule has 6 nitrogen and oxygen atoms in total. The van der Waals surface area contributed by atoms with Gasteiger partial charge in [-0.25, -0.2) is 10.4 Å². The van der Waals surface area contributed by atoms with Crippen LogP contribution in [0.4, 0.5) is 0 Å². The Morgan fingerprint density at radius 2 is 2.00 bits per heavy atom. The number of rotatable bonds is 1. The Morgan fingerprint density at radius 1 is 1.24 bits per heavy atom. The molecule has 2 aliphatic rings. The molecule has 0 bridgehead atoms. The van der Waals surface area contributed by atoms with Crippen molar-refractivity contribution in [3.05, 3.63) is 34.7 Å². The van der Waals surface area contributed by atoms with Crippen molar-refractivity contribution < 1.29 is 24.6 Å². The van der Waals surface area contributed by atoms with Gasteiger partial charge in [-0.15, -0.1) is 0 Å². The summed E-state index contributed by atoms with van der Waals surface area (Å²) in [5.74, 6) is 1.34. The van der Waals surface area contributed by atoms with Gasteiger partial charge in [-0.1, -0.05) is 0 Å². The number of ether oxygens (including phenoxy) is 3. The number of quaternary nitrogens is 1. The summed E-state index contributed by atoms with van der Waals surface area (Å²) < 4.78 is 15.9. The third-order valence-electron chi connectivity index (χ3n) is 2.76. The van der Waals surface area contributed by atoms with E-state index >= 15 is 0 Å². The zero-order valence-corrected chi connectivity index (χ0v) is 8.93. The number of hydroxylamine groups is 2. The lowest BCUT2D eigenvalue weighted by atomic mass is 9.98. The molecular weight excluding hydrogens is 226 g/mol. The van der Waals surface area contributed by atoms with Crippen LogP contribution in [0.5, 0.6) is 11.5 Å². The minimum atomic E-state index is -0.978. The number of nitrogens with one attached hydrogen (secondary N) is 1. The van der Waals surface area contributed by atoms with E-state index in [2.05, 4.69) is 0 Å². The highest BCUT2D eigenvalue weighted by Crippen LogP contribution is 2.38. The zero-order valence-electron chi connectivity index (χ0n) is 8.93. The molecule has 2 N–H and O–H groups in total. The van der Waals surface area contributed by atoms with Crippen LogP contribution in [0.3, 0.4) is 0 Å². The Bertz CT molecular complexity index is 483. The van der Waals surface area contributed by atoms with Gasteiger partial charge in [-0.05, 0) is 23.3 Å². The lowest BCUT2D eigenvalue weighted by Crippen LogP contribution is -2.99. The molecule has 2 heterocycles. The van der Waals surface area contributed by atoms with Crippen molar-refractivity contribution in [2.75, 3.05) is 13.4 Å². The Labute approximate surface area is 97.2 Å². The molecule has 90 valence electrons. The maximum Gasteiger partial charge on any atom is 0.231 e. The molecule has 1 aromatic carbocycles. The third-order valence-corrected chi connectivity index (χ3v) is 2.76. The molecular formula is C11H11NO5. The van der Waals surface area contributed by atoms with E-state index in [1.54, 1.807) is 0 Å². The Hall–Kier alpha value is -1.60. The summed E-state index contributed by atoms with van der Waals surface area (Å²) in [6.07, 6.45) is 1.17. The van der Waals surface area contributed by atoms with Gasteiger partial charge >= 0.3 is 0 Å². The molecule has 2 aliphatic heterocycles. The molecule has 1 unspecified atom stereocenters. The summed E-state index contributed by atoms with van der Waals surface area (Å²) >= 11 is 0.